The molecule has 0 spiro atoms. The van der Waals surface area contributed by atoms with Crippen LogP contribution in [0.3, 0.4) is 0 Å². The average molecular weight is 495 g/mol. The summed E-state index contributed by atoms with van der Waals surface area (Å²) in [7, 11) is -3.26. The fourth-order valence-corrected chi connectivity index (χ4v) is 6.37. The highest BCUT2D eigenvalue weighted by Gasteiger charge is 2.28. The lowest BCUT2D eigenvalue weighted by atomic mass is 9.92. The number of carbonyl (C=O) groups is 1. The molecule has 7 heteroatoms. The Balaban J connectivity index is 2.02. The standard InChI is InChI=1S/C27H46N2O4S/c1-20(2)24-13-10-12-23(16-24)17-28-18-26(30)25-15-21(3)11-8-6-5-7-9-14-34(32,33)19-22(4)27(31)29-25/h10,12-13,16,20-22,25-26,28,30H,5-9,11,14-15,17-19H2,1-4H3,(H,29,31)/t21-,22-,25+,26-/m1/s1. The third-order valence-electron chi connectivity index (χ3n) is 6.85. The van der Waals surface area contributed by atoms with Gasteiger partial charge in [0.25, 0.3) is 0 Å². The molecule has 1 amide bonds. The maximum Gasteiger partial charge on any atom is 0.224 e. The van der Waals surface area contributed by atoms with Crippen molar-refractivity contribution in [1.29, 1.82) is 0 Å². The van der Waals surface area contributed by atoms with Crippen LogP contribution in [-0.2, 0) is 21.2 Å². The number of carbonyl (C=O) groups excluding carboxylic acids is 1. The Hall–Kier alpha value is -1.44. The molecule has 2 rings (SSSR count). The van der Waals surface area contributed by atoms with Crippen LogP contribution in [0.5, 0.6) is 0 Å². The first-order valence-corrected chi connectivity index (χ1v) is 14.9. The minimum atomic E-state index is -3.26. The molecule has 1 heterocycles. The van der Waals surface area contributed by atoms with E-state index < -0.39 is 27.9 Å². The lowest BCUT2D eigenvalue weighted by Gasteiger charge is -2.28. The van der Waals surface area contributed by atoms with Gasteiger partial charge in [0.05, 0.1) is 23.7 Å². The molecule has 194 valence electrons. The minimum absolute atomic E-state index is 0.137. The smallest absolute Gasteiger partial charge is 0.224 e. The lowest BCUT2D eigenvalue weighted by Crippen LogP contribution is -2.50. The van der Waals surface area contributed by atoms with Crippen molar-refractivity contribution in [2.75, 3.05) is 18.1 Å². The van der Waals surface area contributed by atoms with Crippen LogP contribution in [0, 0.1) is 11.8 Å². The van der Waals surface area contributed by atoms with Gasteiger partial charge in [0, 0.05) is 19.0 Å². The molecule has 0 aromatic heterocycles. The molecular formula is C27H46N2O4S. The minimum Gasteiger partial charge on any atom is -0.390 e. The summed E-state index contributed by atoms with van der Waals surface area (Å²) in [6.45, 7) is 9.17. The molecule has 0 saturated carbocycles. The Morgan fingerprint density at radius 2 is 1.82 bits per heavy atom. The van der Waals surface area contributed by atoms with Gasteiger partial charge in [-0.25, -0.2) is 8.42 Å². The summed E-state index contributed by atoms with van der Waals surface area (Å²) in [5.41, 5.74) is 2.45. The molecule has 1 aromatic rings. The molecule has 0 unspecified atom stereocenters. The summed E-state index contributed by atoms with van der Waals surface area (Å²) < 4.78 is 24.9. The molecule has 1 saturated heterocycles. The van der Waals surface area contributed by atoms with E-state index in [2.05, 4.69) is 55.7 Å². The average Bonchev–Trinajstić information content (AvgIpc) is 2.77. The first-order valence-electron chi connectivity index (χ1n) is 13.1. The van der Waals surface area contributed by atoms with Gasteiger partial charge in [-0.2, -0.15) is 0 Å². The quantitative estimate of drug-likeness (QED) is 0.551. The number of aliphatic hydroxyl groups is 1. The number of rotatable bonds is 6. The summed E-state index contributed by atoms with van der Waals surface area (Å²) in [6.07, 6.45) is 5.78. The van der Waals surface area contributed by atoms with E-state index in [9.17, 15) is 18.3 Å². The molecule has 4 atom stereocenters. The highest BCUT2D eigenvalue weighted by atomic mass is 32.2. The van der Waals surface area contributed by atoms with Crippen LogP contribution in [0.15, 0.2) is 24.3 Å². The molecule has 0 bridgehead atoms. The fraction of sp³-hybridized carbons (Fsp3) is 0.741. The number of nitrogens with one attached hydrogen (secondary N) is 2. The van der Waals surface area contributed by atoms with Crippen LogP contribution in [-0.4, -0.2) is 49.6 Å². The van der Waals surface area contributed by atoms with Crippen molar-refractivity contribution >= 4 is 15.7 Å². The Labute approximate surface area is 207 Å². The van der Waals surface area contributed by atoms with E-state index in [-0.39, 0.29) is 17.4 Å². The predicted molar refractivity (Wildman–Crippen MR) is 139 cm³/mol. The van der Waals surface area contributed by atoms with Gasteiger partial charge in [-0.3, -0.25) is 4.79 Å². The van der Waals surface area contributed by atoms with Crippen molar-refractivity contribution < 1.29 is 18.3 Å². The van der Waals surface area contributed by atoms with Crippen LogP contribution in [0.1, 0.15) is 89.7 Å². The van der Waals surface area contributed by atoms with Gasteiger partial charge in [-0.05, 0) is 35.8 Å². The summed E-state index contributed by atoms with van der Waals surface area (Å²) in [5.74, 6) is -0.0866. The molecule has 3 N–H and O–H groups in total. The number of sulfone groups is 1. The third kappa shape index (κ3) is 10.4. The van der Waals surface area contributed by atoms with Gasteiger partial charge in [0.1, 0.15) is 0 Å². The van der Waals surface area contributed by atoms with Gasteiger partial charge in [-0.1, -0.05) is 84.1 Å². The van der Waals surface area contributed by atoms with Gasteiger partial charge < -0.3 is 15.7 Å². The molecule has 1 fully saturated rings. The van der Waals surface area contributed by atoms with Crippen molar-refractivity contribution in [3.8, 4) is 0 Å². The van der Waals surface area contributed by atoms with E-state index >= 15 is 0 Å². The van der Waals surface area contributed by atoms with E-state index in [4.69, 9.17) is 0 Å². The topological polar surface area (TPSA) is 95.5 Å². The van der Waals surface area contributed by atoms with Crippen molar-refractivity contribution in [1.82, 2.24) is 10.6 Å². The second-order valence-electron chi connectivity index (χ2n) is 10.6. The number of aliphatic hydroxyl groups excluding tert-OH is 1. The normalized spacial score (nSPS) is 26.3. The molecule has 0 radical (unpaired) electrons. The van der Waals surface area contributed by atoms with Crippen LogP contribution in [0.2, 0.25) is 0 Å². The number of benzene rings is 1. The Morgan fingerprint density at radius 1 is 1.12 bits per heavy atom. The van der Waals surface area contributed by atoms with Crippen LogP contribution in [0.4, 0.5) is 0 Å². The summed E-state index contributed by atoms with van der Waals surface area (Å²) in [5, 5.41) is 17.3. The fourth-order valence-electron chi connectivity index (χ4n) is 4.64. The summed E-state index contributed by atoms with van der Waals surface area (Å²) in [4.78, 5) is 12.9. The zero-order chi connectivity index (χ0) is 25.1. The highest BCUT2D eigenvalue weighted by Crippen LogP contribution is 2.20. The van der Waals surface area contributed by atoms with Crippen molar-refractivity contribution in [3.63, 3.8) is 0 Å². The monoisotopic (exact) mass is 494 g/mol. The second kappa shape index (κ2) is 14.2. The molecule has 0 aliphatic carbocycles. The number of hydrogen-bond donors (Lipinski definition) is 3. The second-order valence-corrected chi connectivity index (χ2v) is 12.9. The van der Waals surface area contributed by atoms with Crippen molar-refractivity contribution in [2.24, 2.45) is 11.8 Å². The Kier molecular flexibility index (Phi) is 12.0. The van der Waals surface area contributed by atoms with E-state index in [1.165, 1.54) is 5.56 Å². The van der Waals surface area contributed by atoms with Gasteiger partial charge in [-0.15, -0.1) is 0 Å². The highest BCUT2D eigenvalue weighted by molar-refractivity contribution is 7.91. The van der Waals surface area contributed by atoms with E-state index in [0.29, 0.717) is 37.8 Å². The summed E-state index contributed by atoms with van der Waals surface area (Å²) >= 11 is 0. The van der Waals surface area contributed by atoms with Crippen molar-refractivity contribution in [3.05, 3.63) is 35.4 Å². The van der Waals surface area contributed by atoms with Gasteiger partial charge >= 0.3 is 0 Å². The van der Waals surface area contributed by atoms with Gasteiger partial charge in [0.2, 0.25) is 5.91 Å². The predicted octanol–water partition coefficient (Wildman–Crippen LogP) is 4.18. The molecule has 34 heavy (non-hydrogen) atoms. The van der Waals surface area contributed by atoms with E-state index in [1.807, 2.05) is 0 Å². The molecular weight excluding hydrogens is 448 g/mol. The molecule has 1 aliphatic rings. The largest absolute Gasteiger partial charge is 0.390 e. The zero-order valence-electron chi connectivity index (χ0n) is 21.6. The maximum atomic E-state index is 12.9. The zero-order valence-corrected chi connectivity index (χ0v) is 22.4. The molecule has 1 aromatic carbocycles. The third-order valence-corrected chi connectivity index (χ3v) is 8.77. The first kappa shape index (κ1) is 28.8. The van der Waals surface area contributed by atoms with E-state index in [0.717, 1.165) is 37.7 Å². The SMILES string of the molecule is CC(C)c1cccc(CNC[C@@H](O)[C@@H]2C[C@H](C)CCCCCCCS(=O)(=O)C[C@@H](C)C(=O)N2)c1. The van der Waals surface area contributed by atoms with Crippen LogP contribution >= 0.6 is 0 Å². The lowest BCUT2D eigenvalue weighted by molar-refractivity contribution is -0.125. The Bertz CT molecular complexity index is 856. The Morgan fingerprint density at radius 3 is 2.56 bits per heavy atom. The maximum absolute atomic E-state index is 12.9. The van der Waals surface area contributed by atoms with Gasteiger partial charge in [0.15, 0.2) is 9.84 Å². The number of amides is 1. The van der Waals surface area contributed by atoms with Crippen LogP contribution < -0.4 is 10.6 Å². The van der Waals surface area contributed by atoms with Crippen molar-refractivity contribution in [2.45, 2.75) is 97.2 Å². The summed E-state index contributed by atoms with van der Waals surface area (Å²) in [6, 6.07) is 8.02. The molecule has 1 aliphatic heterocycles. The number of hydrogen-bond acceptors (Lipinski definition) is 5. The molecule has 6 nitrogen and oxygen atoms in total. The van der Waals surface area contributed by atoms with E-state index in [1.54, 1.807) is 6.92 Å². The van der Waals surface area contributed by atoms with Crippen LogP contribution in [0.25, 0.3) is 0 Å². The first-order chi connectivity index (χ1) is 16.1.